The van der Waals surface area contributed by atoms with Crippen LogP contribution in [-0.2, 0) is 18.4 Å². The van der Waals surface area contributed by atoms with Gasteiger partial charge in [0.15, 0.2) is 0 Å². The standard InChI is InChI=1S/C16H19N3O2/c1-18-13(7-8-17-18)9-19-10-14(15(11-19)16(20)21)12-5-3-2-4-6-12/h2-8,14-15H,9-11H2,1H3,(H,20,21)/t14-,15-/m1/s1. The summed E-state index contributed by atoms with van der Waals surface area (Å²) in [6, 6.07) is 11.9. The van der Waals surface area contributed by atoms with Crippen LogP contribution in [0.15, 0.2) is 42.6 Å². The first kappa shape index (κ1) is 13.8. The molecule has 3 rings (SSSR count). The molecule has 5 nitrogen and oxygen atoms in total. The Morgan fingerprint density at radius 1 is 1.29 bits per heavy atom. The summed E-state index contributed by atoms with van der Waals surface area (Å²) in [7, 11) is 1.91. The van der Waals surface area contributed by atoms with E-state index in [-0.39, 0.29) is 11.8 Å². The van der Waals surface area contributed by atoms with Crippen molar-refractivity contribution in [2.75, 3.05) is 13.1 Å². The first-order valence-electron chi connectivity index (χ1n) is 7.12. The van der Waals surface area contributed by atoms with Gasteiger partial charge in [0.25, 0.3) is 0 Å². The van der Waals surface area contributed by atoms with Gasteiger partial charge in [-0.15, -0.1) is 0 Å². The van der Waals surface area contributed by atoms with Crippen LogP contribution in [0.5, 0.6) is 0 Å². The Morgan fingerprint density at radius 2 is 2.05 bits per heavy atom. The lowest BCUT2D eigenvalue weighted by Gasteiger charge is -2.16. The van der Waals surface area contributed by atoms with E-state index in [0.29, 0.717) is 6.54 Å². The molecule has 0 aliphatic carbocycles. The Morgan fingerprint density at radius 3 is 2.67 bits per heavy atom. The van der Waals surface area contributed by atoms with E-state index in [2.05, 4.69) is 10.00 Å². The average Bonchev–Trinajstić information content (AvgIpc) is 3.08. The molecule has 1 aromatic heterocycles. The molecule has 1 aliphatic rings. The predicted octanol–water partition coefficient (Wildman–Crippen LogP) is 1.72. The molecule has 0 amide bonds. The normalized spacial score (nSPS) is 22.5. The van der Waals surface area contributed by atoms with Crippen LogP contribution in [0, 0.1) is 5.92 Å². The molecule has 1 aromatic carbocycles. The first-order valence-corrected chi connectivity index (χ1v) is 7.12. The van der Waals surface area contributed by atoms with Crippen LogP contribution in [0.1, 0.15) is 17.2 Å². The minimum absolute atomic E-state index is 0.0527. The van der Waals surface area contributed by atoms with Crippen molar-refractivity contribution in [3.8, 4) is 0 Å². The second kappa shape index (κ2) is 5.69. The lowest BCUT2D eigenvalue weighted by atomic mass is 9.89. The average molecular weight is 285 g/mol. The lowest BCUT2D eigenvalue weighted by molar-refractivity contribution is -0.141. The summed E-state index contributed by atoms with van der Waals surface area (Å²) in [6.07, 6.45) is 1.77. The number of aliphatic carboxylic acids is 1. The Labute approximate surface area is 123 Å². The quantitative estimate of drug-likeness (QED) is 0.929. The number of benzene rings is 1. The molecule has 2 atom stereocenters. The number of carbonyl (C=O) groups is 1. The highest BCUT2D eigenvalue weighted by Crippen LogP contribution is 2.33. The van der Waals surface area contributed by atoms with Gasteiger partial charge in [0.2, 0.25) is 0 Å². The van der Waals surface area contributed by atoms with Crippen molar-refractivity contribution in [1.29, 1.82) is 0 Å². The van der Waals surface area contributed by atoms with Gasteiger partial charge in [0.1, 0.15) is 0 Å². The number of hydrogen-bond acceptors (Lipinski definition) is 3. The maximum Gasteiger partial charge on any atom is 0.308 e. The Balaban J connectivity index is 1.78. The van der Waals surface area contributed by atoms with Crippen molar-refractivity contribution in [1.82, 2.24) is 14.7 Å². The van der Waals surface area contributed by atoms with E-state index < -0.39 is 5.97 Å². The summed E-state index contributed by atoms with van der Waals surface area (Å²) in [5.41, 5.74) is 2.21. The molecule has 110 valence electrons. The fourth-order valence-corrected chi connectivity index (χ4v) is 3.09. The van der Waals surface area contributed by atoms with Gasteiger partial charge >= 0.3 is 5.97 Å². The number of nitrogens with zero attached hydrogens (tertiary/aromatic N) is 3. The lowest BCUT2D eigenvalue weighted by Crippen LogP contribution is -2.24. The molecule has 0 radical (unpaired) electrons. The summed E-state index contributed by atoms with van der Waals surface area (Å²) in [5.74, 6) is -1.01. The summed E-state index contributed by atoms with van der Waals surface area (Å²) < 4.78 is 1.84. The van der Waals surface area contributed by atoms with Gasteiger partial charge in [-0.1, -0.05) is 30.3 Å². The zero-order valence-corrected chi connectivity index (χ0v) is 12.0. The second-order valence-corrected chi connectivity index (χ2v) is 5.60. The van der Waals surface area contributed by atoms with Crippen LogP contribution in [0.3, 0.4) is 0 Å². The van der Waals surface area contributed by atoms with Gasteiger partial charge in [0, 0.05) is 38.8 Å². The number of carboxylic acid groups (broad SMARTS) is 1. The molecule has 2 aromatic rings. The van der Waals surface area contributed by atoms with Crippen LogP contribution in [0.2, 0.25) is 0 Å². The number of aromatic nitrogens is 2. The van der Waals surface area contributed by atoms with Crippen LogP contribution >= 0.6 is 0 Å². The van der Waals surface area contributed by atoms with Gasteiger partial charge in [-0.25, -0.2) is 0 Å². The third-order valence-corrected chi connectivity index (χ3v) is 4.25. The SMILES string of the molecule is Cn1nccc1CN1C[C@H](c2ccccc2)[C@H](C(=O)O)C1. The molecule has 0 saturated carbocycles. The van der Waals surface area contributed by atoms with Crippen molar-refractivity contribution in [3.05, 3.63) is 53.9 Å². The van der Waals surface area contributed by atoms with Crippen molar-refractivity contribution in [3.63, 3.8) is 0 Å². The van der Waals surface area contributed by atoms with Gasteiger partial charge < -0.3 is 5.11 Å². The molecule has 1 N–H and O–H groups in total. The molecule has 2 heterocycles. The van der Waals surface area contributed by atoms with E-state index in [0.717, 1.165) is 24.3 Å². The minimum Gasteiger partial charge on any atom is -0.481 e. The smallest absolute Gasteiger partial charge is 0.308 e. The maximum absolute atomic E-state index is 11.6. The highest BCUT2D eigenvalue weighted by atomic mass is 16.4. The summed E-state index contributed by atoms with van der Waals surface area (Å²) >= 11 is 0. The van der Waals surface area contributed by atoms with Crippen LogP contribution in [-0.4, -0.2) is 38.8 Å². The topological polar surface area (TPSA) is 58.4 Å². The van der Waals surface area contributed by atoms with Crippen LogP contribution in [0.4, 0.5) is 0 Å². The molecule has 0 spiro atoms. The molecule has 1 saturated heterocycles. The third-order valence-electron chi connectivity index (χ3n) is 4.25. The largest absolute Gasteiger partial charge is 0.481 e. The molecule has 21 heavy (non-hydrogen) atoms. The van der Waals surface area contributed by atoms with E-state index in [4.69, 9.17) is 0 Å². The van der Waals surface area contributed by atoms with Crippen molar-refractivity contribution < 1.29 is 9.90 Å². The van der Waals surface area contributed by atoms with E-state index in [1.165, 1.54) is 0 Å². The van der Waals surface area contributed by atoms with Gasteiger partial charge in [-0.2, -0.15) is 5.10 Å². The second-order valence-electron chi connectivity index (χ2n) is 5.60. The number of carboxylic acids is 1. The van der Waals surface area contributed by atoms with Crippen LogP contribution in [0.25, 0.3) is 0 Å². The number of rotatable bonds is 4. The van der Waals surface area contributed by atoms with Gasteiger partial charge in [-0.05, 0) is 11.6 Å². The third kappa shape index (κ3) is 2.83. The summed E-state index contributed by atoms with van der Waals surface area (Å²) in [5, 5.41) is 13.7. The summed E-state index contributed by atoms with van der Waals surface area (Å²) in [4.78, 5) is 13.8. The molecule has 5 heteroatoms. The zero-order valence-electron chi connectivity index (χ0n) is 12.0. The summed E-state index contributed by atoms with van der Waals surface area (Å²) in [6.45, 7) is 2.09. The zero-order chi connectivity index (χ0) is 14.8. The van der Waals surface area contributed by atoms with Crippen molar-refractivity contribution in [2.45, 2.75) is 12.5 Å². The van der Waals surface area contributed by atoms with E-state index in [9.17, 15) is 9.90 Å². The van der Waals surface area contributed by atoms with Gasteiger partial charge in [-0.3, -0.25) is 14.4 Å². The fourth-order valence-electron chi connectivity index (χ4n) is 3.09. The van der Waals surface area contributed by atoms with Crippen LogP contribution < -0.4 is 0 Å². The highest BCUT2D eigenvalue weighted by Gasteiger charge is 2.38. The molecular weight excluding hydrogens is 266 g/mol. The van der Waals surface area contributed by atoms with E-state index >= 15 is 0 Å². The monoisotopic (exact) mass is 285 g/mol. The minimum atomic E-state index is -0.712. The van der Waals surface area contributed by atoms with Crippen molar-refractivity contribution >= 4 is 5.97 Å². The van der Waals surface area contributed by atoms with Gasteiger partial charge in [0.05, 0.1) is 11.6 Å². The Bertz CT molecular complexity index is 623. The predicted molar refractivity (Wildman–Crippen MR) is 78.8 cm³/mol. The maximum atomic E-state index is 11.6. The fraction of sp³-hybridized carbons (Fsp3) is 0.375. The molecule has 1 fully saturated rings. The molecule has 1 aliphatic heterocycles. The van der Waals surface area contributed by atoms with Crippen molar-refractivity contribution in [2.24, 2.45) is 13.0 Å². The number of aryl methyl sites for hydroxylation is 1. The van der Waals surface area contributed by atoms with E-state index in [1.54, 1.807) is 6.20 Å². The Kier molecular flexibility index (Phi) is 3.75. The Hall–Kier alpha value is -2.14. The highest BCUT2D eigenvalue weighted by molar-refractivity contribution is 5.72. The first-order chi connectivity index (χ1) is 10.1. The number of hydrogen-bond donors (Lipinski definition) is 1. The van der Waals surface area contributed by atoms with E-state index in [1.807, 2.05) is 48.1 Å². The molecule has 0 unspecified atom stereocenters. The molecule has 0 bridgehead atoms. The number of likely N-dealkylation sites (tertiary alicyclic amines) is 1. The molecular formula is C16H19N3O2.